The van der Waals surface area contributed by atoms with Crippen LogP contribution in [0.2, 0.25) is 0 Å². The zero-order valence-electron chi connectivity index (χ0n) is 12.4. The van der Waals surface area contributed by atoms with Crippen LogP contribution in [0.5, 0.6) is 0 Å². The molecule has 110 valence electrons. The molecule has 1 atom stereocenters. The lowest BCUT2D eigenvalue weighted by Gasteiger charge is -2.13. The number of carbonyl (C=O) groups excluding carboxylic acids is 1. The molecule has 21 heavy (non-hydrogen) atoms. The second kappa shape index (κ2) is 6.74. The standard InChI is InChI=1S/C16H19N3O2/c1-11-5-4-6-14(9-11)18-13(3)16(20)19-17-10-15-8-7-12(2)21-15/h4-10,13,18H,1-3H3,(H,19,20)/b17-10+. The topological polar surface area (TPSA) is 66.6 Å². The molecule has 0 radical (unpaired) electrons. The van der Waals surface area contributed by atoms with Gasteiger partial charge in [-0.3, -0.25) is 4.79 Å². The first-order valence-corrected chi connectivity index (χ1v) is 6.77. The van der Waals surface area contributed by atoms with E-state index in [4.69, 9.17) is 4.42 Å². The highest BCUT2D eigenvalue weighted by Crippen LogP contribution is 2.10. The van der Waals surface area contributed by atoms with E-state index in [1.807, 2.05) is 44.2 Å². The number of anilines is 1. The molecule has 0 saturated carbocycles. The summed E-state index contributed by atoms with van der Waals surface area (Å²) in [7, 11) is 0. The van der Waals surface area contributed by atoms with E-state index >= 15 is 0 Å². The zero-order chi connectivity index (χ0) is 15.2. The predicted octanol–water partition coefficient (Wildman–Crippen LogP) is 2.85. The molecule has 1 aromatic carbocycles. The molecule has 1 amide bonds. The van der Waals surface area contributed by atoms with Gasteiger partial charge in [-0.1, -0.05) is 12.1 Å². The first-order valence-electron chi connectivity index (χ1n) is 6.77. The number of nitrogens with zero attached hydrogens (tertiary/aromatic N) is 1. The Morgan fingerprint density at radius 3 is 2.76 bits per heavy atom. The summed E-state index contributed by atoms with van der Waals surface area (Å²) in [6.45, 7) is 5.64. The number of rotatable bonds is 5. The molecule has 0 spiro atoms. The van der Waals surface area contributed by atoms with Crippen LogP contribution in [0.3, 0.4) is 0 Å². The fraction of sp³-hybridized carbons (Fsp3) is 0.250. The highest BCUT2D eigenvalue weighted by molar-refractivity contribution is 5.85. The molecule has 0 bridgehead atoms. The van der Waals surface area contributed by atoms with Crippen LogP contribution in [0, 0.1) is 13.8 Å². The lowest BCUT2D eigenvalue weighted by atomic mass is 10.2. The summed E-state index contributed by atoms with van der Waals surface area (Å²) >= 11 is 0. The Hall–Kier alpha value is -2.56. The lowest BCUT2D eigenvalue weighted by Crippen LogP contribution is -2.34. The van der Waals surface area contributed by atoms with Crippen molar-refractivity contribution in [3.05, 3.63) is 53.5 Å². The number of furan rings is 1. The van der Waals surface area contributed by atoms with Crippen molar-refractivity contribution in [1.82, 2.24) is 5.43 Å². The normalized spacial score (nSPS) is 12.3. The SMILES string of the molecule is Cc1cccc(NC(C)C(=O)N/N=C/c2ccc(C)o2)c1. The van der Waals surface area contributed by atoms with Crippen LogP contribution in [0.15, 0.2) is 45.9 Å². The molecule has 0 fully saturated rings. The van der Waals surface area contributed by atoms with E-state index in [1.54, 1.807) is 13.0 Å². The Morgan fingerprint density at radius 1 is 1.29 bits per heavy atom. The van der Waals surface area contributed by atoms with Crippen molar-refractivity contribution in [2.24, 2.45) is 5.10 Å². The largest absolute Gasteiger partial charge is 0.460 e. The Balaban J connectivity index is 1.86. The molecule has 0 aliphatic heterocycles. The van der Waals surface area contributed by atoms with Crippen molar-refractivity contribution < 1.29 is 9.21 Å². The molecule has 2 N–H and O–H groups in total. The van der Waals surface area contributed by atoms with E-state index < -0.39 is 0 Å². The fourth-order valence-corrected chi connectivity index (χ4v) is 1.83. The van der Waals surface area contributed by atoms with Crippen LogP contribution >= 0.6 is 0 Å². The van der Waals surface area contributed by atoms with Crippen molar-refractivity contribution >= 4 is 17.8 Å². The number of nitrogens with one attached hydrogen (secondary N) is 2. The first kappa shape index (κ1) is 14.8. The molecule has 1 heterocycles. The smallest absolute Gasteiger partial charge is 0.262 e. The van der Waals surface area contributed by atoms with Crippen molar-refractivity contribution in [2.75, 3.05) is 5.32 Å². The van der Waals surface area contributed by atoms with E-state index in [2.05, 4.69) is 15.8 Å². The van der Waals surface area contributed by atoms with Gasteiger partial charge in [0.2, 0.25) is 0 Å². The van der Waals surface area contributed by atoms with Crippen molar-refractivity contribution in [3.63, 3.8) is 0 Å². The van der Waals surface area contributed by atoms with Gasteiger partial charge in [0.15, 0.2) is 0 Å². The third-order valence-electron chi connectivity index (χ3n) is 2.92. The van der Waals surface area contributed by atoms with Gasteiger partial charge in [-0.25, -0.2) is 5.43 Å². The zero-order valence-corrected chi connectivity index (χ0v) is 12.4. The van der Waals surface area contributed by atoms with Crippen molar-refractivity contribution in [3.8, 4) is 0 Å². The predicted molar refractivity (Wildman–Crippen MR) is 83.4 cm³/mol. The molecular formula is C16H19N3O2. The Labute approximate surface area is 124 Å². The van der Waals surface area contributed by atoms with Gasteiger partial charge in [-0.15, -0.1) is 0 Å². The highest BCUT2D eigenvalue weighted by Gasteiger charge is 2.11. The van der Waals surface area contributed by atoms with Gasteiger partial charge in [-0.05, 0) is 50.6 Å². The summed E-state index contributed by atoms with van der Waals surface area (Å²) in [5.41, 5.74) is 4.53. The third-order valence-corrected chi connectivity index (χ3v) is 2.92. The molecule has 2 aromatic rings. The van der Waals surface area contributed by atoms with Gasteiger partial charge < -0.3 is 9.73 Å². The van der Waals surface area contributed by atoms with E-state index in [1.165, 1.54) is 6.21 Å². The van der Waals surface area contributed by atoms with Gasteiger partial charge in [-0.2, -0.15) is 5.10 Å². The monoisotopic (exact) mass is 285 g/mol. The average Bonchev–Trinajstić information content (AvgIpc) is 2.84. The summed E-state index contributed by atoms with van der Waals surface area (Å²) in [5, 5.41) is 7.00. The number of carbonyl (C=O) groups is 1. The van der Waals surface area contributed by atoms with Gasteiger partial charge in [0, 0.05) is 5.69 Å². The molecule has 5 nitrogen and oxygen atoms in total. The molecule has 1 aromatic heterocycles. The quantitative estimate of drug-likeness (QED) is 0.655. The summed E-state index contributed by atoms with van der Waals surface area (Å²) in [5.74, 6) is 1.19. The minimum Gasteiger partial charge on any atom is -0.460 e. The van der Waals surface area contributed by atoms with Crippen LogP contribution in [0.4, 0.5) is 5.69 Å². The Kier molecular flexibility index (Phi) is 4.77. The maximum atomic E-state index is 11.9. The minimum atomic E-state index is -0.387. The molecule has 2 rings (SSSR count). The second-order valence-corrected chi connectivity index (χ2v) is 4.92. The van der Waals surface area contributed by atoms with Crippen LogP contribution in [0.1, 0.15) is 24.0 Å². The number of amides is 1. The van der Waals surface area contributed by atoms with Crippen LogP contribution in [-0.4, -0.2) is 18.2 Å². The molecule has 0 aliphatic carbocycles. The Morgan fingerprint density at radius 2 is 2.10 bits per heavy atom. The summed E-state index contributed by atoms with van der Waals surface area (Å²) in [6.07, 6.45) is 1.48. The molecular weight excluding hydrogens is 266 g/mol. The summed E-state index contributed by atoms with van der Waals surface area (Å²) in [4.78, 5) is 11.9. The maximum Gasteiger partial charge on any atom is 0.262 e. The first-order chi connectivity index (χ1) is 10.0. The highest BCUT2D eigenvalue weighted by atomic mass is 16.3. The van der Waals surface area contributed by atoms with Gasteiger partial charge in [0.05, 0.1) is 6.21 Å². The summed E-state index contributed by atoms with van der Waals surface area (Å²) in [6, 6.07) is 11.1. The van der Waals surface area contributed by atoms with Crippen LogP contribution < -0.4 is 10.7 Å². The molecule has 0 saturated heterocycles. The van der Waals surface area contributed by atoms with E-state index in [0.717, 1.165) is 17.0 Å². The van der Waals surface area contributed by atoms with Crippen molar-refractivity contribution in [1.29, 1.82) is 0 Å². The van der Waals surface area contributed by atoms with Gasteiger partial charge in [0.1, 0.15) is 17.6 Å². The fourth-order valence-electron chi connectivity index (χ4n) is 1.83. The number of hydrazone groups is 1. The maximum absolute atomic E-state index is 11.9. The van der Waals surface area contributed by atoms with E-state index in [0.29, 0.717) is 5.76 Å². The molecule has 1 unspecified atom stereocenters. The molecule has 5 heteroatoms. The number of benzene rings is 1. The Bertz CT molecular complexity index is 646. The van der Waals surface area contributed by atoms with Gasteiger partial charge >= 0.3 is 0 Å². The van der Waals surface area contributed by atoms with Crippen LogP contribution in [0.25, 0.3) is 0 Å². The van der Waals surface area contributed by atoms with Gasteiger partial charge in [0.25, 0.3) is 5.91 Å². The number of hydrogen-bond donors (Lipinski definition) is 2. The number of aryl methyl sites for hydroxylation is 2. The van der Waals surface area contributed by atoms with E-state index in [-0.39, 0.29) is 11.9 Å². The van der Waals surface area contributed by atoms with E-state index in [9.17, 15) is 4.79 Å². The lowest BCUT2D eigenvalue weighted by molar-refractivity contribution is -0.121. The molecule has 0 aliphatic rings. The summed E-state index contributed by atoms with van der Waals surface area (Å²) < 4.78 is 5.32. The number of hydrogen-bond acceptors (Lipinski definition) is 4. The second-order valence-electron chi connectivity index (χ2n) is 4.92. The minimum absolute atomic E-state index is 0.212. The van der Waals surface area contributed by atoms with Crippen molar-refractivity contribution in [2.45, 2.75) is 26.8 Å². The average molecular weight is 285 g/mol. The van der Waals surface area contributed by atoms with Crippen LogP contribution in [-0.2, 0) is 4.79 Å². The third kappa shape index (κ3) is 4.49.